The molecule has 0 fully saturated rings. The second-order valence-corrected chi connectivity index (χ2v) is 5.96. The zero-order valence-corrected chi connectivity index (χ0v) is 14.2. The quantitative estimate of drug-likeness (QED) is 0.680. The van der Waals surface area contributed by atoms with Crippen LogP contribution in [0.4, 0.5) is 0 Å². The van der Waals surface area contributed by atoms with Gasteiger partial charge in [-0.25, -0.2) is 0 Å². The molecule has 0 aliphatic heterocycles. The third kappa shape index (κ3) is 3.00. The molecule has 0 saturated carbocycles. The summed E-state index contributed by atoms with van der Waals surface area (Å²) >= 11 is 9.49. The Morgan fingerprint density at radius 2 is 2.18 bits per heavy atom. The molecule has 2 heterocycles. The number of aromatic nitrogens is 4. The molecule has 0 N–H and O–H groups in total. The summed E-state index contributed by atoms with van der Waals surface area (Å²) in [6.07, 6.45) is 1.27. The van der Waals surface area contributed by atoms with E-state index in [-0.39, 0.29) is 0 Å². The van der Waals surface area contributed by atoms with Crippen molar-refractivity contribution in [3.63, 3.8) is 0 Å². The highest BCUT2D eigenvalue weighted by Crippen LogP contribution is 2.31. The van der Waals surface area contributed by atoms with Crippen molar-refractivity contribution >= 4 is 27.5 Å². The van der Waals surface area contributed by atoms with E-state index in [2.05, 4.69) is 31.2 Å². The maximum Gasteiger partial charge on any atom is 0.276 e. The van der Waals surface area contributed by atoms with E-state index in [1.165, 1.54) is 0 Å². The number of aryl methyl sites for hydroxylation is 1. The second kappa shape index (κ2) is 6.10. The Labute approximate surface area is 140 Å². The summed E-state index contributed by atoms with van der Waals surface area (Å²) in [7, 11) is 1.81. The second-order valence-electron chi connectivity index (χ2n) is 4.63. The van der Waals surface area contributed by atoms with Crippen LogP contribution >= 0.6 is 27.5 Å². The lowest BCUT2D eigenvalue weighted by atomic mass is 10.3. The molecule has 0 amide bonds. The Morgan fingerprint density at radius 1 is 1.36 bits per heavy atom. The topological polar surface area (TPSA) is 66.0 Å². The Morgan fingerprint density at radius 3 is 2.86 bits per heavy atom. The van der Waals surface area contributed by atoms with Crippen LogP contribution in [-0.2, 0) is 7.05 Å². The maximum absolute atomic E-state index is 6.14. The van der Waals surface area contributed by atoms with Crippen LogP contribution in [0.25, 0.3) is 11.6 Å². The largest absolute Gasteiger partial charge is 0.481 e. The number of benzene rings is 1. The molecule has 114 valence electrons. The van der Waals surface area contributed by atoms with Gasteiger partial charge in [-0.3, -0.25) is 4.68 Å². The molecule has 0 spiro atoms. The fourth-order valence-corrected chi connectivity index (χ4v) is 2.62. The van der Waals surface area contributed by atoms with Crippen molar-refractivity contribution < 1.29 is 9.26 Å². The van der Waals surface area contributed by atoms with Crippen molar-refractivity contribution in [2.45, 2.75) is 13.0 Å². The van der Waals surface area contributed by atoms with E-state index in [1.807, 2.05) is 13.0 Å². The van der Waals surface area contributed by atoms with Crippen LogP contribution in [0.1, 0.15) is 18.9 Å². The first-order chi connectivity index (χ1) is 10.5. The molecule has 0 bridgehead atoms. The summed E-state index contributed by atoms with van der Waals surface area (Å²) < 4.78 is 13.6. The average molecular weight is 384 g/mol. The molecular weight excluding hydrogens is 372 g/mol. The van der Waals surface area contributed by atoms with Crippen LogP contribution in [0.15, 0.2) is 39.5 Å². The fraction of sp³-hybridized carbons (Fsp3) is 0.214. The number of hydrogen-bond acceptors (Lipinski definition) is 5. The van der Waals surface area contributed by atoms with Crippen molar-refractivity contribution in [3.8, 4) is 17.3 Å². The summed E-state index contributed by atoms with van der Waals surface area (Å²) in [4.78, 5) is 4.34. The zero-order chi connectivity index (χ0) is 15.7. The predicted octanol–water partition coefficient (Wildman–Crippen LogP) is 4.03. The number of ether oxygens (including phenoxy) is 1. The molecule has 1 aromatic carbocycles. The minimum absolute atomic E-state index is 0.396. The smallest absolute Gasteiger partial charge is 0.276 e. The lowest BCUT2D eigenvalue weighted by Gasteiger charge is -2.12. The van der Waals surface area contributed by atoms with Gasteiger partial charge in [-0.15, -0.1) is 0 Å². The summed E-state index contributed by atoms with van der Waals surface area (Å²) in [5.74, 6) is 1.40. The average Bonchev–Trinajstić information content (AvgIpc) is 3.10. The summed E-state index contributed by atoms with van der Waals surface area (Å²) in [5, 5.41) is 8.53. The van der Waals surface area contributed by atoms with Gasteiger partial charge in [0.1, 0.15) is 11.4 Å². The minimum atomic E-state index is -0.399. The van der Waals surface area contributed by atoms with E-state index >= 15 is 0 Å². The van der Waals surface area contributed by atoms with E-state index in [0.717, 1.165) is 10.2 Å². The van der Waals surface area contributed by atoms with Gasteiger partial charge < -0.3 is 9.26 Å². The molecule has 3 aromatic rings. The van der Waals surface area contributed by atoms with E-state index in [4.69, 9.17) is 20.9 Å². The van der Waals surface area contributed by atoms with Gasteiger partial charge in [0.25, 0.3) is 5.89 Å². The molecule has 6 nitrogen and oxygen atoms in total. The van der Waals surface area contributed by atoms with E-state index in [9.17, 15) is 0 Å². The van der Waals surface area contributed by atoms with Gasteiger partial charge in [-0.1, -0.05) is 32.7 Å². The molecule has 0 aliphatic rings. The maximum atomic E-state index is 6.14. The van der Waals surface area contributed by atoms with Gasteiger partial charge >= 0.3 is 0 Å². The Balaban J connectivity index is 1.80. The van der Waals surface area contributed by atoms with Crippen LogP contribution in [0.5, 0.6) is 5.75 Å². The van der Waals surface area contributed by atoms with Gasteiger partial charge in [-0.05, 0) is 31.2 Å². The lowest BCUT2D eigenvalue weighted by molar-refractivity contribution is 0.211. The third-order valence-corrected chi connectivity index (χ3v) is 3.83. The lowest BCUT2D eigenvalue weighted by Crippen LogP contribution is -2.05. The number of rotatable bonds is 4. The normalized spacial score (nSPS) is 12.4. The predicted molar refractivity (Wildman–Crippen MR) is 84.7 cm³/mol. The Hall–Kier alpha value is -1.86. The number of nitrogens with zero attached hydrogens (tertiary/aromatic N) is 4. The molecule has 0 saturated heterocycles. The zero-order valence-electron chi connectivity index (χ0n) is 11.8. The van der Waals surface area contributed by atoms with Gasteiger partial charge in [0.2, 0.25) is 5.82 Å². The first-order valence-electron chi connectivity index (χ1n) is 6.48. The summed E-state index contributed by atoms with van der Waals surface area (Å²) in [6.45, 7) is 1.83. The molecule has 0 aliphatic carbocycles. The van der Waals surface area contributed by atoms with Gasteiger partial charge in [0.15, 0.2) is 6.10 Å². The van der Waals surface area contributed by atoms with E-state index in [1.54, 1.807) is 36.1 Å². The monoisotopic (exact) mass is 382 g/mol. The van der Waals surface area contributed by atoms with Crippen molar-refractivity contribution in [2.24, 2.45) is 7.05 Å². The molecule has 0 radical (unpaired) electrons. The Kier molecular flexibility index (Phi) is 4.17. The molecular formula is C14H12BrClN4O2. The summed E-state index contributed by atoms with van der Waals surface area (Å²) in [6, 6.07) is 7.20. The van der Waals surface area contributed by atoms with Crippen LogP contribution in [0.3, 0.4) is 0 Å². The minimum Gasteiger partial charge on any atom is -0.481 e. The van der Waals surface area contributed by atoms with Crippen LogP contribution in [-0.4, -0.2) is 19.9 Å². The van der Waals surface area contributed by atoms with Crippen molar-refractivity contribution in [1.29, 1.82) is 0 Å². The first-order valence-corrected chi connectivity index (χ1v) is 7.65. The van der Waals surface area contributed by atoms with Crippen molar-refractivity contribution in [3.05, 3.63) is 45.8 Å². The van der Waals surface area contributed by atoms with Gasteiger partial charge in [0.05, 0.1) is 5.02 Å². The molecule has 1 atom stereocenters. The summed E-state index contributed by atoms with van der Waals surface area (Å²) in [5.41, 5.74) is 0.743. The fourth-order valence-electron chi connectivity index (χ4n) is 1.90. The van der Waals surface area contributed by atoms with Crippen LogP contribution in [0.2, 0.25) is 5.02 Å². The standard InChI is InChI=1S/C14H12BrClN4O2/c1-8(21-12-4-3-9(15)7-10(12)16)13-18-14(22-19-13)11-5-6-17-20(11)2/h3-8H,1-2H3. The third-order valence-electron chi connectivity index (χ3n) is 3.04. The van der Waals surface area contributed by atoms with Crippen LogP contribution < -0.4 is 4.74 Å². The van der Waals surface area contributed by atoms with Crippen LogP contribution in [0, 0.1) is 0 Å². The molecule has 1 unspecified atom stereocenters. The SMILES string of the molecule is CC(Oc1ccc(Br)cc1Cl)c1noc(-c2ccnn2C)n1. The van der Waals surface area contributed by atoms with Crippen molar-refractivity contribution in [1.82, 2.24) is 19.9 Å². The van der Waals surface area contributed by atoms with E-state index in [0.29, 0.717) is 22.5 Å². The molecule has 8 heteroatoms. The highest BCUT2D eigenvalue weighted by molar-refractivity contribution is 9.10. The van der Waals surface area contributed by atoms with Gasteiger partial charge in [0, 0.05) is 17.7 Å². The highest BCUT2D eigenvalue weighted by Gasteiger charge is 2.18. The van der Waals surface area contributed by atoms with E-state index < -0.39 is 6.10 Å². The number of hydrogen-bond donors (Lipinski definition) is 0. The molecule has 22 heavy (non-hydrogen) atoms. The first kappa shape index (κ1) is 15.1. The number of halogens is 2. The Bertz CT molecular complexity index is 802. The van der Waals surface area contributed by atoms with Crippen molar-refractivity contribution in [2.75, 3.05) is 0 Å². The van der Waals surface area contributed by atoms with Gasteiger partial charge in [-0.2, -0.15) is 10.1 Å². The molecule has 2 aromatic heterocycles. The molecule has 3 rings (SSSR count). The highest BCUT2D eigenvalue weighted by atomic mass is 79.9.